The van der Waals surface area contributed by atoms with Crippen molar-refractivity contribution in [1.82, 2.24) is 24.5 Å². The topological polar surface area (TPSA) is 109 Å². The third kappa shape index (κ3) is 1.95. The number of nitrogens with two attached hydrogens (primary N) is 1. The number of carbonyl (C=O) groups excluding carboxylic acids is 1. The fourth-order valence-corrected chi connectivity index (χ4v) is 1.15. The molecule has 0 spiro atoms. The number of carbonyl (C=O) groups is 1. The first-order chi connectivity index (χ1) is 7.66. The van der Waals surface area contributed by atoms with Crippen LogP contribution in [0.15, 0.2) is 29.6 Å². The number of aromatic nitrogens is 5. The van der Waals surface area contributed by atoms with Crippen LogP contribution in [-0.2, 0) is 11.3 Å². The molecule has 2 rings (SSSR count). The molecule has 2 N–H and O–H groups in total. The molecule has 0 atom stereocenters. The molecule has 0 saturated heterocycles. The van der Waals surface area contributed by atoms with Gasteiger partial charge < -0.3 is 5.73 Å². The van der Waals surface area contributed by atoms with E-state index in [0.29, 0.717) is 5.82 Å². The molecule has 16 heavy (non-hydrogen) atoms. The van der Waals surface area contributed by atoms with Gasteiger partial charge in [-0.1, -0.05) is 0 Å². The van der Waals surface area contributed by atoms with Crippen molar-refractivity contribution in [3.63, 3.8) is 0 Å². The lowest BCUT2D eigenvalue weighted by atomic mass is 10.5. The highest BCUT2D eigenvalue weighted by atomic mass is 16.2. The number of nitrogens with zero attached hydrogens (tertiary/aromatic N) is 5. The van der Waals surface area contributed by atoms with Crippen LogP contribution in [0, 0.1) is 0 Å². The van der Waals surface area contributed by atoms with Gasteiger partial charge in [0.25, 0.3) is 5.56 Å². The van der Waals surface area contributed by atoms with E-state index >= 15 is 0 Å². The maximum Gasteiger partial charge on any atom is 0.267 e. The van der Waals surface area contributed by atoms with Crippen LogP contribution in [0.3, 0.4) is 0 Å². The van der Waals surface area contributed by atoms with Crippen LogP contribution in [0.2, 0.25) is 0 Å². The molecule has 0 aliphatic carbocycles. The zero-order valence-electron chi connectivity index (χ0n) is 8.15. The molecule has 8 heteroatoms. The summed E-state index contributed by atoms with van der Waals surface area (Å²) in [5, 5.41) is 7.77. The standard InChI is InChI=1S/C8H8N6O2/c9-6(15)3-13-8(16)2-1-7(12-13)14-5-10-4-11-14/h1-2,4-5H,3H2,(H2,9,15). The van der Waals surface area contributed by atoms with Crippen LogP contribution < -0.4 is 11.3 Å². The van der Waals surface area contributed by atoms with Gasteiger partial charge in [-0.25, -0.2) is 14.3 Å². The third-order valence-electron chi connectivity index (χ3n) is 1.81. The highest BCUT2D eigenvalue weighted by Crippen LogP contribution is 1.96. The van der Waals surface area contributed by atoms with Crippen molar-refractivity contribution < 1.29 is 4.79 Å². The maximum absolute atomic E-state index is 11.3. The highest BCUT2D eigenvalue weighted by molar-refractivity contribution is 5.73. The van der Waals surface area contributed by atoms with Gasteiger partial charge in [0, 0.05) is 6.07 Å². The Kier molecular flexibility index (Phi) is 2.46. The maximum atomic E-state index is 11.3. The predicted octanol–water partition coefficient (Wildman–Crippen LogP) is -1.69. The third-order valence-corrected chi connectivity index (χ3v) is 1.81. The molecule has 0 aromatic carbocycles. The van der Waals surface area contributed by atoms with Gasteiger partial charge in [-0.3, -0.25) is 9.59 Å². The first kappa shape index (κ1) is 10.0. The van der Waals surface area contributed by atoms with E-state index in [9.17, 15) is 9.59 Å². The van der Waals surface area contributed by atoms with Crippen molar-refractivity contribution in [1.29, 1.82) is 0 Å². The SMILES string of the molecule is NC(=O)Cn1nc(-n2cncn2)ccc1=O. The number of primary amides is 1. The van der Waals surface area contributed by atoms with Crippen LogP contribution in [-0.4, -0.2) is 30.5 Å². The molecule has 2 aromatic heterocycles. The lowest BCUT2D eigenvalue weighted by Gasteiger charge is -2.03. The molecule has 2 aromatic rings. The summed E-state index contributed by atoms with van der Waals surface area (Å²) in [5.41, 5.74) is 4.59. The molecule has 1 amide bonds. The van der Waals surface area contributed by atoms with Gasteiger partial charge in [0.05, 0.1) is 0 Å². The Balaban J connectivity index is 2.43. The van der Waals surface area contributed by atoms with E-state index in [0.717, 1.165) is 4.68 Å². The summed E-state index contributed by atoms with van der Waals surface area (Å²) in [5.74, 6) is -0.247. The second-order valence-electron chi connectivity index (χ2n) is 2.99. The highest BCUT2D eigenvalue weighted by Gasteiger charge is 2.05. The molecule has 0 unspecified atom stereocenters. The minimum absolute atomic E-state index is 0.263. The molecule has 0 aliphatic heterocycles. The summed E-state index contributed by atoms with van der Waals surface area (Å²) in [6, 6.07) is 2.77. The van der Waals surface area contributed by atoms with E-state index in [1.54, 1.807) is 0 Å². The van der Waals surface area contributed by atoms with Gasteiger partial charge in [0.15, 0.2) is 5.82 Å². The van der Waals surface area contributed by atoms with Crippen molar-refractivity contribution in [2.24, 2.45) is 5.73 Å². The average Bonchev–Trinajstić information content (AvgIpc) is 2.73. The number of rotatable bonds is 3. The smallest absolute Gasteiger partial charge is 0.267 e. The fourth-order valence-electron chi connectivity index (χ4n) is 1.15. The Morgan fingerprint density at radius 3 is 2.88 bits per heavy atom. The van der Waals surface area contributed by atoms with Crippen LogP contribution in [0.4, 0.5) is 0 Å². The molecular formula is C8H8N6O2. The summed E-state index contributed by atoms with van der Waals surface area (Å²) < 4.78 is 2.34. The zero-order chi connectivity index (χ0) is 11.5. The van der Waals surface area contributed by atoms with Gasteiger partial charge in [-0.05, 0) is 6.07 Å². The van der Waals surface area contributed by atoms with Gasteiger partial charge in [-0.2, -0.15) is 5.10 Å². The van der Waals surface area contributed by atoms with Crippen molar-refractivity contribution in [3.05, 3.63) is 35.1 Å². The molecule has 2 heterocycles. The van der Waals surface area contributed by atoms with Crippen molar-refractivity contribution >= 4 is 5.91 Å². The van der Waals surface area contributed by atoms with Crippen molar-refractivity contribution in [3.8, 4) is 5.82 Å². The molecule has 0 radical (unpaired) electrons. The Hall–Kier alpha value is -2.51. The Morgan fingerprint density at radius 1 is 1.44 bits per heavy atom. The zero-order valence-corrected chi connectivity index (χ0v) is 8.15. The van der Waals surface area contributed by atoms with E-state index in [1.807, 2.05) is 0 Å². The van der Waals surface area contributed by atoms with Crippen LogP contribution >= 0.6 is 0 Å². The summed E-state index contributed by atoms with van der Waals surface area (Å²) in [4.78, 5) is 25.8. The summed E-state index contributed by atoms with van der Waals surface area (Å²) in [6.07, 6.45) is 2.77. The van der Waals surface area contributed by atoms with Crippen LogP contribution in [0.25, 0.3) is 5.82 Å². The van der Waals surface area contributed by atoms with E-state index in [2.05, 4.69) is 15.2 Å². The molecule has 0 saturated carbocycles. The van der Waals surface area contributed by atoms with E-state index in [-0.39, 0.29) is 6.54 Å². The second kappa shape index (κ2) is 3.93. The number of hydrogen-bond acceptors (Lipinski definition) is 5. The van der Waals surface area contributed by atoms with Crippen LogP contribution in [0.5, 0.6) is 0 Å². The summed E-state index contributed by atoms with van der Waals surface area (Å²) >= 11 is 0. The van der Waals surface area contributed by atoms with Crippen molar-refractivity contribution in [2.75, 3.05) is 0 Å². The summed E-state index contributed by atoms with van der Waals surface area (Å²) in [6.45, 7) is -0.263. The van der Waals surface area contributed by atoms with Crippen LogP contribution in [0.1, 0.15) is 0 Å². The van der Waals surface area contributed by atoms with E-state index < -0.39 is 11.5 Å². The Labute approximate surface area is 89.3 Å². The first-order valence-corrected chi connectivity index (χ1v) is 4.38. The van der Waals surface area contributed by atoms with E-state index in [1.165, 1.54) is 29.5 Å². The molecule has 0 bridgehead atoms. The van der Waals surface area contributed by atoms with Gasteiger partial charge >= 0.3 is 0 Å². The average molecular weight is 220 g/mol. The second-order valence-corrected chi connectivity index (χ2v) is 2.99. The quantitative estimate of drug-likeness (QED) is 0.663. The van der Waals surface area contributed by atoms with Crippen molar-refractivity contribution in [2.45, 2.75) is 6.54 Å². The Morgan fingerprint density at radius 2 is 2.25 bits per heavy atom. The minimum Gasteiger partial charge on any atom is -0.368 e. The monoisotopic (exact) mass is 220 g/mol. The largest absolute Gasteiger partial charge is 0.368 e. The lowest BCUT2D eigenvalue weighted by molar-refractivity contribution is -0.118. The predicted molar refractivity (Wildman–Crippen MR) is 52.6 cm³/mol. The molecular weight excluding hydrogens is 212 g/mol. The van der Waals surface area contributed by atoms with Gasteiger partial charge in [0.2, 0.25) is 5.91 Å². The molecule has 82 valence electrons. The van der Waals surface area contributed by atoms with Gasteiger partial charge in [0.1, 0.15) is 19.2 Å². The van der Waals surface area contributed by atoms with Gasteiger partial charge in [-0.15, -0.1) is 5.10 Å². The lowest BCUT2D eigenvalue weighted by Crippen LogP contribution is -2.30. The Bertz CT molecular complexity index is 558. The summed E-state index contributed by atoms with van der Waals surface area (Å²) in [7, 11) is 0. The molecule has 0 fully saturated rings. The molecule has 8 nitrogen and oxygen atoms in total. The first-order valence-electron chi connectivity index (χ1n) is 4.38. The fraction of sp³-hybridized carbons (Fsp3) is 0.125. The minimum atomic E-state index is -0.634. The molecule has 0 aliphatic rings. The van der Waals surface area contributed by atoms with E-state index in [4.69, 9.17) is 5.73 Å². The normalized spacial score (nSPS) is 10.2. The number of hydrogen-bond donors (Lipinski definition) is 1. The number of amides is 1.